The monoisotopic (exact) mass is 479 g/mol. The molecule has 1 fully saturated rings. The van der Waals surface area contributed by atoms with E-state index in [2.05, 4.69) is 0 Å². The van der Waals surface area contributed by atoms with Gasteiger partial charge in [-0.15, -0.1) is 0 Å². The van der Waals surface area contributed by atoms with Crippen LogP contribution in [0.15, 0.2) is 47.4 Å². The van der Waals surface area contributed by atoms with E-state index in [9.17, 15) is 21.6 Å². The lowest BCUT2D eigenvalue weighted by Gasteiger charge is -2.35. The third-order valence-corrected chi connectivity index (χ3v) is 8.56. The number of carbonyl (C=O) groups is 1. The lowest BCUT2D eigenvalue weighted by molar-refractivity contribution is -0.130. The van der Waals surface area contributed by atoms with Crippen LogP contribution in [0, 0.1) is 20.8 Å². The van der Waals surface area contributed by atoms with E-state index in [4.69, 9.17) is 0 Å². The second-order valence-electron chi connectivity index (χ2n) is 8.11. The number of sulfonamides is 2. The fourth-order valence-corrected chi connectivity index (χ4v) is 6.48. The second kappa shape index (κ2) is 9.21. The second-order valence-corrected chi connectivity index (χ2v) is 12.0. The summed E-state index contributed by atoms with van der Waals surface area (Å²) in [5.74, 6) is -0.355. The molecule has 1 amide bonds. The fourth-order valence-electron chi connectivity index (χ4n) is 4.07. The molecule has 0 N–H and O–H groups in total. The van der Waals surface area contributed by atoms with Gasteiger partial charge in [0.2, 0.25) is 26.0 Å². The smallest absolute Gasteiger partial charge is 0.243 e. The number of amides is 1. The molecule has 2 aromatic carbocycles. The van der Waals surface area contributed by atoms with Crippen LogP contribution in [0.3, 0.4) is 0 Å². The summed E-state index contributed by atoms with van der Waals surface area (Å²) in [4.78, 5) is 14.7. The minimum atomic E-state index is -3.70. The first kappa shape index (κ1) is 24.2. The molecule has 1 aliphatic heterocycles. The minimum absolute atomic E-state index is 0.157. The van der Waals surface area contributed by atoms with E-state index in [1.165, 1.54) is 9.21 Å². The molecule has 0 spiro atoms. The lowest BCUT2D eigenvalue weighted by atomic mass is 10.1. The van der Waals surface area contributed by atoms with Crippen molar-refractivity contribution < 1.29 is 21.6 Å². The van der Waals surface area contributed by atoms with Crippen molar-refractivity contribution in [3.8, 4) is 0 Å². The predicted molar refractivity (Wildman–Crippen MR) is 125 cm³/mol. The molecule has 0 atom stereocenters. The first-order chi connectivity index (χ1) is 14.9. The number of hydrogen-bond donors (Lipinski definition) is 0. The summed E-state index contributed by atoms with van der Waals surface area (Å²) in [5.41, 5.74) is 3.08. The Balaban J connectivity index is 1.74. The number of rotatable bonds is 6. The third kappa shape index (κ3) is 5.13. The average Bonchev–Trinajstić information content (AvgIpc) is 2.72. The SMILES string of the molecule is Cc1cc(C)c(N(CC(=O)N2CCN(S(=O)(=O)c3ccccc3)CC2)S(C)(=O)=O)c(C)c1. The topological polar surface area (TPSA) is 95.1 Å². The summed E-state index contributed by atoms with van der Waals surface area (Å²) in [7, 11) is -7.33. The van der Waals surface area contributed by atoms with Crippen LogP contribution < -0.4 is 4.31 Å². The van der Waals surface area contributed by atoms with Crippen LogP contribution in [0.1, 0.15) is 16.7 Å². The van der Waals surface area contributed by atoms with Crippen molar-refractivity contribution >= 4 is 31.6 Å². The van der Waals surface area contributed by atoms with Gasteiger partial charge in [-0.1, -0.05) is 35.9 Å². The molecule has 1 heterocycles. The highest BCUT2D eigenvalue weighted by Crippen LogP contribution is 2.28. The van der Waals surface area contributed by atoms with Gasteiger partial charge in [-0.2, -0.15) is 4.31 Å². The van der Waals surface area contributed by atoms with Crippen molar-refractivity contribution in [2.45, 2.75) is 25.7 Å². The third-order valence-electron chi connectivity index (χ3n) is 5.54. The van der Waals surface area contributed by atoms with Crippen LogP contribution in [-0.2, 0) is 24.8 Å². The van der Waals surface area contributed by atoms with Crippen molar-refractivity contribution in [1.29, 1.82) is 0 Å². The Morgan fingerprint density at radius 3 is 1.94 bits per heavy atom. The highest BCUT2D eigenvalue weighted by molar-refractivity contribution is 7.92. The highest BCUT2D eigenvalue weighted by Gasteiger charge is 2.32. The summed E-state index contributed by atoms with van der Waals surface area (Å²) in [6.45, 7) is 5.98. The summed E-state index contributed by atoms with van der Waals surface area (Å²) in [6, 6.07) is 12.0. The number of anilines is 1. The van der Waals surface area contributed by atoms with Gasteiger partial charge in [0.15, 0.2) is 0 Å². The molecule has 174 valence electrons. The van der Waals surface area contributed by atoms with Gasteiger partial charge in [0.1, 0.15) is 6.54 Å². The van der Waals surface area contributed by atoms with E-state index in [0.29, 0.717) is 5.69 Å². The molecule has 3 rings (SSSR count). The maximum Gasteiger partial charge on any atom is 0.243 e. The Labute approximate surface area is 190 Å². The van der Waals surface area contributed by atoms with Crippen LogP contribution >= 0.6 is 0 Å². The molecule has 0 bridgehead atoms. The van der Waals surface area contributed by atoms with Gasteiger partial charge in [0.05, 0.1) is 16.8 Å². The molecule has 1 aliphatic rings. The first-order valence-electron chi connectivity index (χ1n) is 10.3. The summed E-state index contributed by atoms with van der Waals surface area (Å²) in [6.07, 6.45) is 1.09. The first-order valence-corrected chi connectivity index (χ1v) is 13.6. The van der Waals surface area contributed by atoms with Gasteiger partial charge < -0.3 is 4.90 Å². The maximum absolute atomic E-state index is 13.0. The lowest BCUT2D eigenvalue weighted by Crippen LogP contribution is -2.53. The Bertz CT molecular complexity index is 1180. The summed E-state index contributed by atoms with van der Waals surface area (Å²) in [5, 5.41) is 0. The molecule has 0 saturated carbocycles. The average molecular weight is 480 g/mol. The van der Waals surface area contributed by atoms with Crippen molar-refractivity contribution in [2.75, 3.05) is 43.3 Å². The summed E-state index contributed by atoms with van der Waals surface area (Å²) >= 11 is 0. The largest absolute Gasteiger partial charge is 0.338 e. The zero-order valence-electron chi connectivity index (χ0n) is 18.8. The fraction of sp³-hybridized carbons (Fsp3) is 0.409. The minimum Gasteiger partial charge on any atom is -0.338 e. The normalized spacial score (nSPS) is 15.6. The van der Waals surface area contributed by atoms with E-state index < -0.39 is 20.0 Å². The molecule has 2 aromatic rings. The van der Waals surface area contributed by atoms with Crippen molar-refractivity contribution in [3.63, 3.8) is 0 Å². The van der Waals surface area contributed by atoms with E-state index in [1.807, 2.05) is 32.9 Å². The number of benzene rings is 2. The van der Waals surface area contributed by atoms with Gasteiger partial charge in [0.25, 0.3) is 0 Å². The molecular formula is C22H29N3O5S2. The van der Waals surface area contributed by atoms with Crippen LogP contribution in [0.4, 0.5) is 5.69 Å². The van der Waals surface area contributed by atoms with Crippen LogP contribution in [0.5, 0.6) is 0 Å². The van der Waals surface area contributed by atoms with Crippen LogP contribution in [-0.4, -0.2) is 70.9 Å². The Kier molecular flexibility index (Phi) is 6.97. The number of hydrogen-bond acceptors (Lipinski definition) is 5. The van der Waals surface area contributed by atoms with Crippen LogP contribution in [0.25, 0.3) is 0 Å². The number of aryl methyl sites for hydroxylation is 3. The molecule has 0 aliphatic carbocycles. The van der Waals surface area contributed by atoms with Gasteiger partial charge >= 0.3 is 0 Å². The molecule has 0 radical (unpaired) electrons. The molecule has 0 unspecified atom stereocenters. The van der Waals surface area contributed by atoms with E-state index >= 15 is 0 Å². The maximum atomic E-state index is 13.0. The summed E-state index contributed by atoms with van der Waals surface area (Å²) < 4.78 is 53.2. The van der Waals surface area contributed by atoms with Gasteiger partial charge in [0, 0.05) is 26.2 Å². The van der Waals surface area contributed by atoms with E-state index in [-0.39, 0.29) is 43.5 Å². The number of piperazine rings is 1. The zero-order chi connectivity index (χ0) is 23.7. The molecule has 10 heteroatoms. The highest BCUT2D eigenvalue weighted by atomic mass is 32.2. The van der Waals surface area contributed by atoms with E-state index in [0.717, 1.165) is 27.3 Å². The van der Waals surface area contributed by atoms with Crippen molar-refractivity contribution in [2.24, 2.45) is 0 Å². The Hall–Kier alpha value is -2.43. The number of carbonyl (C=O) groups excluding carboxylic acids is 1. The number of nitrogens with zero attached hydrogens (tertiary/aromatic N) is 3. The van der Waals surface area contributed by atoms with Gasteiger partial charge in [-0.25, -0.2) is 16.8 Å². The zero-order valence-corrected chi connectivity index (χ0v) is 20.4. The van der Waals surface area contributed by atoms with Crippen molar-refractivity contribution in [1.82, 2.24) is 9.21 Å². The van der Waals surface area contributed by atoms with Gasteiger partial charge in [-0.3, -0.25) is 9.10 Å². The van der Waals surface area contributed by atoms with Crippen LogP contribution in [0.2, 0.25) is 0 Å². The molecular weight excluding hydrogens is 450 g/mol. The predicted octanol–water partition coefficient (Wildman–Crippen LogP) is 1.91. The molecule has 32 heavy (non-hydrogen) atoms. The Morgan fingerprint density at radius 2 is 1.44 bits per heavy atom. The molecule has 8 nitrogen and oxygen atoms in total. The molecule has 0 aromatic heterocycles. The standard InChI is InChI=1S/C22H29N3O5S2/c1-17-14-18(2)22(19(3)15-17)25(31(4,27)28)16-21(26)23-10-12-24(13-11-23)32(29,30)20-8-6-5-7-9-20/h5-9,14-15H,10-13,16H2,1-4H3. The van der Waals surface area contributed by atoms with Crippen molar-refractivity contribution in [3.05, 3.63) is 59.2 Å². The van der Waals surface area contributed by atoms with E-state index in [1.54, 1.807) is 30.3 Å². The van der Waals surface area contributed by atoms with Gasteiger partial charge in [-0.05, 0) is 44.0 Å². The quantitative estimate of drug-likeness (QED) is 0.631. The molecule has 1 saturated heterocycles. The Morgan fingerprint density at radius 1 is 0.906 bits per heavy atom.